The molecule has 1 aromatic rings. The fraction of sp³-hybridized carbons (Fsp3) is 0.667. The van der Waals surface area contributed by atoms with Crippen molar-refractivity contribution in [2.75, 3.05) is 26.7 Å². The molecule has 1 aromatic heterocycles. The SMILES string of the molecule is COC(=O)CN1CCC(Cn2ccnc2)CC1. The molecular weight excluding hydrogens is 218 g/mol. The second kappa shape index (κ2) is 5.82. The third-order valence-corrected chi connectivity index (χ3v) is 3.32. The standard InChI is InChI=1S/C12H19N3O2/c1-17-12(16)9-14-5-2-11(3-6-14)8-15-7-4-13-10-15/h4,7,10-11H,2-3,5-6,8-9H2,1H3. The number of ether oxygens (including phenoxy) is 1. The number of methoxy groups -OCH3 is 1. The summed E-state index contributed by atoms with van der Waals surface area (Å²) in [6, 6.07) is 0. The van der Waals surface area contributed by atoms with Crippen LogP contribution in [0.2, 0.25) is 0 Å². The van der Waals surface area contributed by atoms with Crippen molar-refractivity contribution in [3.8, 4) is 0 Å². The van der Waals surface area contributed by atoms with Crippen molar-refractivity contribution in [3.05, 3.63) is 18.7 Å². The van der Waals surface area contributed by atoms with Gasteiger partial charge in [-0.25, -0.2) is 4.98 Å². The Balaban J connectivity index is 1.72. The molecule has 0 aromatic carbocycles. The van der Waals surface area contributed by atoms with Crippen LogP contribution in [0.25, 0.3) is 0 Å². The normalized spacial score (nSPS) is 18.2. The lowest BCUT2D eigenvalue weighted by atomic mass is 9.97. The summed E-state index contributed by atoms with van der Waals surface area (Å²) < 4.78 is 6.80. The first-order valence-electron chi connectivity index (χ1n) is 6.03. The molecule has 1 fully saturated rings. The molecule has 94 valence electrons. The van der Waals surface area contributed by atoms with Gasteiger partial charge in [-0.15, -0.1) is 0 Å². The monoisotopic (exact) mass is 237 g/mol. The Labute approximate surface area is 101 Å². The molecule has 1 saturated heterocycles. The van der Waals surface area contributed by atoms with E-state index in [0.29, 0.717) is 12.5 Å². The fourth-order valence-corrected chi connectivity index (χ4v) is 2.27. The Hall–Kier alpha value is -1.36. The average Bonchev–Trinajstić information content (AvgIpc) is 2.84. The number of hydrogen-bond donors (Lipinski definition) is 0. The van der Waals surface area contributed by atoms with Gasteiger partial charge in [-0.2, -0.15) is 0 Å². The number of carbonyl (C=O) groups excluding carboxylic acids is 1. The van der Waals surface area contributed by atoms with Crippen LogP contribution in [-0.2, 0) is 16.1 Å². The third-order valence-electron chi connectivity index (χ3n) is 3.32. The lowest BCUT2D eigenvalue weighted by Gasteiger charge is -2.31. The molecule has 1 aliphatic rings. The van der Waals surface area contributed by atoms with E-state index in [9.17, 15) is 4.79 Å². The minimum atomic E-state index is -0.141. The van der Waals surface area contributed by atoms with Gasteiger partial charge in [0, 0.05) is 18.9 Å². The first kappa shape index (κ1) is 12.1. The summed E-state index contributed by atoms with van der Waals surface area (Å²) in [4.78, 5) is 17.3. The van der Waals surface area contributed by atoms with E-state index in [1.54, 1.807) is 0 Å². The Morgan fingerprint density at radius 3 is 2.82 bits per heavy atom. The van der Waals surface area contributed by atoms with Crippen LogP contribution >= 0.6 is 0 Å². The zero-order chi connectivity index (χ0) is 12.1. The smallest absolute Gasteiger partial charge is 0.319 e. The quantitative estimate of drug-likeness (QED) is 0.726. The zero-order valence-electron chi connectivity index (χ0n) is 10.2. The van der Waals surface area contributed by atoms with Gasteiger partial charge in [0.15, 0.2) is 0 Å². The maximum absolute atomic E-state index is 11.1. The summed E-state index contributed by atoms with van der Waals surface area (Å²) in [6.45, 7) is 3.42. The molecule has 17 heavy (non-hydrogen) atoms. The molecule has 0 spiro atoms. The third kappa shape index (κ3) is 3.56. The molecule has 0 saturated carbocycles. The topological polar surface area (TPSA) is 47.4 Å². The summed E-state index contributed by atoms with van der Waals surface area (Å²) in [5, 5.41) is 0. The summed E-state index contributed by atoms with van der Waals surface area (Å²) in [5.41, 5.74) is 0. The molecule has 5 heteroatoms. The van der Waals surface area contributed by atoms with Crippen molar-refractivity contribution < 1.29 is 9.53 Å². The Kier molecular flexibility index (Phi) is 4.14. The molecule has 5 nitrogen and oxygen atoms in total. The maximum atomic E-state index is 11.1. The number of nitrogens with zero attached hydrogens (tertiary/aromatic N) is 3. The highest BCUT2D eigenvalue weighted by Gasteiger charge is 2.21. The van der Waals surface area contributed by atoms with Crippen LogP contribution in [-0.4, -0.2) is 47.2 Å². The molecule has 0 aliphatic carbocycles. The molecule has 2 rings (SSSR count). The maximum Gasteiger partial charge on any atom is 0.319 e. The summed E-state index contributed by atoms with van der Waals surface area (Å²) in [7, 11) is 1.44. The second-order valence-electron chi connectivity index (χ2n) is 4.56. The van der Waals surface area contributed by atoms with Crippen LogP contribution in [0.1, 0.15) is 12.8 Å². The predicted molar refractivity (Wildman–Crippen MR) is 63.4 cm³/mol. The van der Waals surface area contributed by atoms with E-state index >= 15 is 0 Å². The Bertz CT molecular complexity index is 343. The van der Waals surface area contributed by atoms with Gasteiger partial charge in [-0.1, -0.05) is 0 Å². The number of aromatic nitrogens is 2. The van der Waals surface area contributed by atoms with E-state index in [2.05, 4.69) is 19.2 Å². The van der Waals surface area contributed by atoms with Gasteiger partial charge in [-0.3, -0.25) is 9.69 Å². The minimum Gasteiger partial charge on any atom is -0.468 e. The van der Waals surface area contributed by atoms with E-state index in [4.69, 9.17) is 0 Å². The Morgan fingerprint density at radius 1 is 1.47 bits per heavy atom. The number of imidazole rings is 1. The van der Waals surface area contributed by atoms with E-state index in [0.717, 1.165) is 32.5 Å². The molecule has 0 N–H and O–H groups in total. The van der Waals surface area contributed by atoms with Crippen molar-refractivity contribution in [2.24, 2.45) is 5.92 Å². The van der Waals surface area contributed by atoms with Gasteiger partial charge in [0.25, 0.3) is 0 Å². The number of piperidine rings is 1. The van der Waals surface area contributed by atoms with E-state index in [-0.39, 0.29) is 5.97 Å². The van der Waals surface area contributed by atoms with Gasteiger partial charge in [0.2, 0.25) is 0 Å². The van der Waals surface area contributed by atoms with Crippen molar-refractivity contribution in [1.82, 2.24) is 14.5 Å². The summed E-state index contributed by atoms with van der Waals surface area (Å²) in [6.07, 6.45) is 7.94. The van der Waals surface area contributed by atoms with Crippen LogP contribution in [0.5, 0.6) is 0 Å². The highest BCUT2D eigenvalue weighted by molar-refractivity contribution is 5.71. The van der Waals surface area contributed by atoms with E-state index in [1.165, 1.54) is 7.11 Å². The second-order valence-corrected chi connectivity index (χ2v) is 4.56. The summed E-state index contributed by atoms with van der Waals surface area (Å²) >= 11 is 0. The van der Waals surface area contributed by atoms with Crippen molar-refractivity contribution in [2.45, 2.75) is 19.4 Å². The number of likely N-dealkylation sites (tertiary alicyclic amines) is 1. The molecule has 0 radical (unpaired) electrons. The largest absolute Gasteiger partial charge is 0.468 e. The number of rotatable bonds is 4. The number of esters is 1. The zero-order valence-corrected chi connectivity index (χ0v) is 10.2. The van der Waals surface area contributed by atoms with Crippen molar-refractivity contribution in [1.29, 1.82) is 0 Å². The van der Waals surface area contributed by atoms with Gasteiger partial charge < -0.3 is 9.30 Å². The lowest BCUT2D eigenvalue weighted by Crippen LogP contribution is -2.38. The molecular formula is C12H19N3O2. The van der Waals surface area contributed by atoms with Crippen molar-refractivity contribution >= 4 is 5.97 Å². The molecule has 2 heterocycles. The van der Waals surface area contributed by atoms with Crippen LogP contribution in [0.3, 0.4) is 0 Å². The lowest BCUT2D eigenvalue weighted by molar-refractivity contribution is -0.142. The molecule has 0 amide bonds. The van der Waals surface area contributed by atoms with Gasteiger partial charge in [-0.05, 0) is 31.8 Å². The minimum absolute atomic E-state index is 0.141. The average molecular weight is 237 g/mol. The molecule has 0 atom stereocenters. The number of carbonyl (C=O) groups is 1. The van der Waals surface area contributed by atoms with Gasteiger partial charge >= 0.3 is 5.97 Å². The van der Waals surface area contributed by atoms with Gasteiger partial charge in [0.05, 0.1) is 20.0 Å². The van der Waals surface area contributed by atoms with Crippen LogP contribution in [0.4, 0.5) is 0 Å². The van der Waals surface area contributed by atoms with E-state index in [1.807, 2.05) is 18.7 Å². The Morgan fingerprint density at radius 2 is 2.24 bits per heavy atom. The highest BCUT2D eigenvalue weighted by atomic mass is 16.5. The van der Waals surface area contributed by atoms with Crippen LogP contribution < -0.4 is 0 Å². The fourth-order valence-electron chi connectivity index (χ4n) is 2.27. The van der Waals surface area contributed by atoms with Crippen LogP contribution in [0, 0.1) is 5.92 Å². The molecule has 0 bridgehead atoms. The van der Waals surface area contributed by atoms with Crippen LogP contribution in [0.15, 0.2) is 18.7 Å². The molecule has 1 aliphatic heterocycles. The molecule has 0 unspecified atom stereocenters. The van der Waals surface area contributed by atoms with E-state index < -0.39 is 0 Å². The predicted octanol–water partition coefficient (Wildman–Crippen LogP) is 0.768. The van der Waals surface area contributed by atoms with Gasteiger partial charge in [0.1, 0.15) is 0 Å². The first-order valence-corrected chi connectivity index (χ1v) is 6.03. The summed E-state index contributed by atoms with van der Waals surface area (Å²) in [5.74, 6) is 0.552. The number of hydrogen-bond acceptors (Lipinski definition) is 4. The van der Waals surface area contributed by atoms with Crippen molar-refractivity contribution in [3.63, 3.8) is 0 Å². The first-order chi connectivity index (χ1) is 8.28. The highest BCUT2D eigenvalue weighted by Crippen LogP contribution is 2.18.